The third-order valence-corrected chi connectivity index (χ3v) is 4.18. The maximum Gasteiger partial charge on any atom is 0.224 e. The third-order valence-electron chi connectivity index (χ3n) is 4.18. The molecule has 1 aliphatic carbocycles. The van der Waals surface area contributed by atoms with E-state index in [2.05, 4.69) is 17.6 Å². The molecule has 0 radical (unpaired) electrons. The molecule has 98 valence electrons. The van der Waals surface area contributed by atoms with Gasteiger partial charge in [-0.2, -0.15) is 0 Å². The van der Waals surface area contributed by atoms with E-state index in [9.17, 15) is 9.90 Å². The first-order valence-electron chi connectivity index (χ1n) is 6.86. The second-order valence-corrected chi connectivity index (χ2v) is 5.57. The normalized spacial score (nSPS) is 38.0. The molecule has 0 aromatic carbocycles. The molecular formula is C13H24N2O2. The molecule has 1 heterocycles. The molecule has 1 aliphatic heterocycles. The van der Waals surface area contributed by atoms with Crippen LogP contribution in [0.5, 0.6) is 0 Å². The summed E-state index contributed by atoms with van der Waals surface area (Å²) in [5.41, 5.74) is 0. The average Bonchev–Trinajstić information content (AvgIpc) is 2.72. The first-order chi connectivity index (χ1) is 8.16. The van der Waals surface area contributed by atoms with Crippen molar-refractivity contribution in [3.05, 3.63) is 0 Å². The van der Waals surface area contributed by atoms with Crippen molar-refractivity contribution in [3.63, 3.8) is 0 Å². The Bertz CT molecular complexity index is 270. The van der Waals surface area contributed by atoms with Gasteiger partial charge in [0.2, 0.25) is 5.91 Å². The SMILES string of the molecule is CC1NCCC1C(=O)NCC1CCCC(O)C1. The number of carbonyl (C=O) groups is 1. The van der Waals surface area contributed by atoms with Crippen molar-refractivity contribution in [1.82, 2.24) is 10.6 Å². The lowest BCUT2D eigenvalue weighted by Crippen LogP contribution is -2.40. The van der Waals surface area contributed by atoms with Gasteiger partial charge in [0, 0.05) is 12.6 Å². The van der Waals surface area contributed by atoms with Crippen molar-refractivity contribution in [2.45, 2.75) is 51.2 Å². The van der Waals surface area contributed by atoms with E-state index in [1.54, 1.807) is 0 Å². The molecule has 17 heavy (non-hydrogen) atoms. The maximum absolute atomic E-state index is 12.0. The number of amides is 1. The molecular weight excluding hydrogens is 216 g/mol. The van der Waals surface area contributed by atoms with Gasteiger partial charge in [-0.3, -0.25) is 4.79 Å². The van der Waals surface area contributed by atoms with Crippen LogP contribution in [0.1, 0.15) is 39.0 Å². The smallest absolute Gasteiger partial charge is 0.224 e. The summed E-state index contributed by atoms with van der Waals surface area (Å²) >= 11 is 0. The van der Waals surface area contributed by atoms with E-state index in [0.29, 0.717) is 12.0 Å². The molecule has 1 saturated carbocycles. The van der Waals surface area contributed by atoms with E-state index in [1.807, 2.05) is 0 Å². The van der Waals surface area contributed by atoms with Crippen molar-refractivity contribution >= 4 is 5.91 Å². The largest absolute Gasteiger partial charge is 0.393 e. The predicted octanol–water partition coefficient (Wildman–Crippen LogP) is 0.652. The van der Waals surface area contributed by atoms with Crippen LogP contribution in [-0.2, 0) is 4.79 Å². The lowest BCUT2D eigenvalue weighted by Gasteiger charge is -2.26. The van der Waals surface area contributed by atoms with E-state index >= 15 is 0 Å². The second-order valence-electron chi connectivity index (χ2n) is 5.57. The molecule has 4 unspecified atom stereocenters. The highest BCUT2D eigenvalue weighted by Gasteiger charge is 2.29. The molecule has 2 aliphatic rings. The zero-order chi connectivity index (χ0) is 12.3. The summed E-state index contributed by atoms with van der Waals surface area (Å²) in [5, 5.41) is 15.9. The highest BCUT2D eigenvalue weighted by atomic mass is 16.3. The van der Waals surface area contributed by atoms with E-state index in [1.165, 1.54) is 0 Å². The molecule has 0 bridgehead atoms. The summed E-state index contributed by atoms with van der Waals surface area (Å²) in [6, 6.07) is 0.298. The highest BCUT2D eigenvalue weighted by molar-refractivity contribution is 5.79. The van der Waals surface area contributed by atoms with Crippen molar-refractivity contribution in [2.24, 2.45) is 11.8 Å². The molecule has 1 amide bonds. The van der Waals surface area contributed by atoms with Crippen LogP contribution in [-0.4, -0.2) is 36.2 Å². The molecule has 4 atom stereocenters. The number of hydrogen-bond donors (Lipinski definition) is 3. The van der Waals surface area contributed by atoms with Gasteiger partial charge in [-0.15, -0.1) is 0 Å². The first-order valence-corrected chi connectivity index (χ1v) is 6.86. The monoisotopic (exact) mass is 240 g/mol. The Morgan fingerprint density at radius 3 is 2.88 bits per heavy atom. The summed E-state index contributed by atoms with van der Waals surface area (Å²) in [4.78, 5) is 12.0. The van der Waals surface area contributed by atoms with Gasteiger partial charge >= 0.3 is 0 Å². The zero-order valence-corrected chi connectivity index (χ0v) is 10.6. The van der Waals surface area contributed by atoms with Crippen molar-refractivity contribution in [1.29, 1.82) is 0 Å². The lowest BCUT2D eigenvalue weighted by atomic mass is 9.87. The third kappa shape index (κ3) is 3.42. The molecule has 0 aromatic rings. The van der Waals surface area contributed by atoms with E-state index in [0.717, 1.165) is 45.2 Å². The average molecular weight is 240 g/mol. The molecule has 2 rings (SSSR count). The lowest BCUT2D eigenvalue weighted by molar-refractivity contribution is -0.125. The number of rotatable bonds is 3. The molecule has 4 heteroatoms. The second kappa shape index (κ2) is 5.83. The first kappa shape index (κ1) is 12.8. The summed E-state index contributed by atoms with van der Waals surface area (Å²) in [6.45, 7) is 3.75. The zero-order valence-electron chi connectivity index (χ0n) is 10.6. The van der Waals surface area contributed by atoms with Crippen LogP contribution >= 0.6 is 0 Å². The Labute approximate surface area is 103 Å². The van der Waals surface area contributed by atoms with Crippen LogP contribution in [0.4, 0.5) is 0 Å². The Morgan fingerprint density at radius 2 is 2.24 bits per heavy atom. The van der Waals surface area contributed by atoms with Crippen molar-refractivity contribution in [2.75, 3.05) is 13.1 Å². The van der Waals surface area contributed by atoms with Gasteiger partial charge in [0.05, 0.1) is 12.0 Å². The fourth-order valence-corrected chi connectivity index (χ4v) is 3.04. The molecule has 1 saturated heterocycles. The van der Waals surface area contributed by atoms with Gasteiger partial charge in [0.15, 0.2) is 0 Å². The quantitative estimate of drug-likeness (QED) is 0.679. The van der Waals surface area contributed by atoms with Crippen LogP contribution in [0.15, 0.2) is 0 Å². The highest BCUT2D eigenvalue weighted by Crippen LogP contribution is 2.23. The fraction of sp³-hybridized carbons (Fsp3) is 0.923. The number of aliphatic hydroxyl groups excluding tert-OH is 1. The molecule has 3 N–H and O–H groups in total. The molecule has 2 fully saturated rings. The van der Waals surface area contributed by atoms with E-state index in [4.69, 9.17) is 0 Å². The summed E-state index contributed by atoms with van der Waals surface area (Å²) < 4.78 is 0. The van der Waals surface area contributed by atoms with Gasteiger partial charge in [0.25, 0.3) is 0 Å². The van der Waals surface area contributed by atoms with E-state index < -0.39 is 0 Å². The van der Waals surface area contributed by atoms with Gasteiger partial charge in [-0.25, -0.2) is 0 Å². The van der Waals surface area contributed by atoms with E-state index in [-0.39, 0.29) is 17.9 Å². The Morgan fingerprint density at radius 1 is 1.41 bits per heavy atom. The Kier molecular flexibility index (Phi) is 4.40. The summed E-state index contributed by atoms with van der Waals surface area (Å²) in [7, 11) is 0. The summed E-state index contributed by atoms with van der Waals surface area (Å²) in [5.74, 6) is 0.776. The number of aliphatic hydroxyl groups is 1. The minimum absolute atomic E-state index is 0.128. The van der Waals surface area contributed by atoms with Crippen LogP contribution in [0.3, 0.4) is 0 Å². The van der Waals surface area contributed by atoms with Gasteiger partial charge in [-0.1, -0.05) is 6.42 Å². The van der Waals surface area contributed by atoms with Crippen molar-refractivity contribution in [3.8, 4) is 0 Å². The van der Waals surface area contributed by atoms with Crippen molar-refractivity contribution < 1.29 is 9.90 Å². The number of carbonyl (C=O) groups excluding carboxylic acids is 1. The topological polar surface area (TPSA) is 61.4 Å². The molecule has 0 spiro atoms. The summed E-state index contributed by atoms with van der Waals surface area (Å²) in [6.07, 6.45) is 4.78. The van der Waals surface area contributed by atoms with Crippen LogP contribution < -0.4 is 10.6 Å². The fourth-order valence-electron chi connectivity index (χ4n) is 3.04. The van der Waals surface area contributed by atoms with Gasteiger partial charge in [0.1, 0.15) is 0 Å². The number of nitrogens with one attached hydrogen (secondary N) is 2. The minimum Gasteiger partial charge on any atom is -0.393 e. The molecule has 4 nitrogen and oxygen atoms in total. The number of hydrogen-bond acceptors (Lipinski definition) is 3. The van der Waals surface area contributed by atoms with Gasteiger partial charge < -0.3 is 15.7 Å². The Balaban J connectivity index is 1.72. The predicted molar refractivity (Wildman–Crippen MR) is 66.5 cm³/mol. The Hall–Kier alpha value is -0.610. The maximum atomic E-state index is 12.0. The van der Waals surface area contributed by atoms with Gasteiger partial charge in [-0.05, 0) is 45.1 Å². The van der Waals surface area contributed by atoms with Crippen LogP contribution in [0.2, 0.25) is 0 Å². The van der Waals surface area contributed by atoms with Crippen LogP contribution in [0, 0.1) is 11.8 Å². The van der Waals surface area contributed by atoms with Crippen LogP contribution in [0.25, 0.3) is 0 Å². The minimum atomic E-state index is -0.155. The molecule has 0 aromatic heterocycles. The standard InChI is InChI=1S/C13H24N2O2/c1-9-12(5-6-14-9)13(17)15-8-10-3-2-4-11(16)7-10/h9-12,14,16H,2-8H2,1H3,(H,15,17).